The Morgan fingerprint density at radius 1 is 0.337 bits per heavy atom. The summed E-state index contributed by atoms with van der Waals surface area (Å²) in [5, 5.41) is 9.75. The van der Waals surface area contributed by atoms with Gasteiger partial charge in [-0.05, 0) is 135 Å². The SMILES string of the molecule is CC/C=C\C/C=C\C/C=C\C/C=C\C/C=C\C/C=C\C/C=C\C/C=C\C/C=C\C/C=C\C/C=C\CCCCCCCC(=O)OC(COC(=O)CCCCCCCCCCCCCC/C=C\C/C=C\C/C=C\C/C=C\CC)COC(OCC[N+](C)(C)C)C(=O)O. The van der Waals surface area contributed by atoms with Gasteiger partial charge in [0.1, 0.15) is 13.2 Å². The summed E-state index contributed by atoms with van der Waals surface area (Å²) in [6, 6.07) is 0. The Hall–Kier alpha value is -5.61. The number of hydrogen-bond acceptors (Lipinski definition) is 7. The van der Waals surface area contributed by atoms with Crippen LogP contribution in [-0.2, 0) is 33.3 Å². The third-order valence-corrected chi connectivity index (χ3v) is 14.2. The summed E-state index contributed by atoms with van der Waals surface area (Å²) in [7, 11) is 5.96. The third-order valence-electron chi connectivity index (χ3n) is 14.2. The highest BCUT2D eigenvalue weighted by Crippen LogP contribution is 2.15. The summed E-state index contributed by atoms with van der Waals surface area (Å²) in [4.78, 5) is 37.6. The highest BCUT2D eigenvalue weighted by Gasteiger charge is 2.25. The Kier molecular flexibility index (Phi) is 64.0. The number of carboxylic acids is 1. The molecule has 0 rings (SSSR count). The zero-order chi connectivity index (χ0) is 64.7. The maximum absolute atomic E-state index is 12.9. The molecule has 1 N–H and O–H groups in total. The van der Waals surface area contributed by atoms with E-state index < -0.39 is 24.3 Å². The lowest BCUT2D eigenvalue weighted by Gasteiger charge is -2.25. The lowest BCUT2D eigenvalue weighted by molar-refractivity contribution is -0.870. The number of hydrogen-bond donors (Lipinski definition) is 1. The Morgan fingerprint density at radius 3 is 0.899 bits per heavy atom. The monoisotopic (exact) mass is 1230 g/mol. The maximum atomic E-state index is 12.9. The molecule has 0 heterocycles. The predicted molar refractivity (Wildman–Crippen MR) is 382 cm³/mol. The van der Waals surface area contributed by atoms with Gasteiger partial charge in [-0.1, -0.05) is 280 Å². The zero-order valence-electron chi connectivity index (χ0n) is 57.0. The number of carboxylic acid groups (broad SMARTS) is 1. The second-order valence-corrected chi connectivity index (χ2v) is 23.7. The molecule has 0 aliphatic rings. The van der Waals surface area contributed by atoms with Crippen molar-refractivity contribution >= 4 is 17.9 Å². The number of aliphatic carboxylic acids is 1. The summed E-state index contributed by atoms with van der Waals surface area (Å²) < 4.78 is 22.9. The number of esters is 2. The molecule has 0 spiro atoms. The fraction of sp³-hybridized carbons (Fsp3) is 0.588. The number of quaternary nitrogens is 1. The van der Waals surface area contributed by atoms with Crippen LogP contribution in [0.25, 0.3) is 0 Å². The first-order valence-corrected chi connectivity index (χ1v) is 34.9. The minimum absolute atomic E-state index is 0.174. The zero-order valence-corrected chi connectivity index (χ0v) is 57.0. The van der Waals surface area contributed by atoms with Gasteiger partial charge >= 0.3 is 17.9 Å². The molecule has 9 heteroatoms. The summed E-state index contributed by atoms with van der Waals surface area (Å²) in [6.07, 6.45) is 101. The lowest BCUT2D eigenvalue weighted by Crippen LogP contribution is -2.40. The predicted octanol–water partition coefficient (Wildman–Crippen LogP) is 22.0. The highest BCUT2D eigenvalue weighted by molar-refractivity contribution is 5.71. The van der Waals surface area contributed by atoms with Crippen molar-refractivity contribution in [3.63, 3.8) is 0 Å². The van der Waals surface area contributed by atoms with E-state index in [9.17, 15) is 19.5 Å². The summed E-state index contributed by atoms with van der Waals surface area (Å²) in [5.74, 6) is -2.05. The van der Waals surface area contributed by atoms with E-state index in [2.05, 4.69) is 196 Å². The van der Waals surface area contributed by atoms with Gasteiger partial charge in [0, 0.05) is 12.8 Å². The van der Waals surface area contributed by atoms with Crippen LogP contribution in [0.2, 0.25) is 0 Å². The van der Waals surface area contributed by atoms with Gasteiger partial charge in [0.2, 0.25) is 0 Å². The van der Waals surface area contributed by atoms with Crippen molar-refractivity contribution < 1.29 is 42.9 Å². The van der Waals surface area contributed by atoms with Gasteiger partial charge in [-0.2, -0.15) is 0 Å². The molecule has 2 unspecified atom stereocenters. The van der Waals surface area contributed by atoms with Crippen LogP contribution in [-0.4, -0.2) is 87.4 Å². The number of rotatable bonds is 62. The maximum Gasteiger partial charge on any atom is 0.361 e. The second-order valence-electron chi connectivity index (χ2n) is 23.7. The average molecular weight is 1230 g/mol. The molecule has 9 nitrogen and oxygen atoms in total. The van der Waals surface area contributed by atoms with Gasteiger partial charge in [-0.3, -0.25) is 9.59 Å². The first-order valence-electron chi connectivity index (χ1n) is 34.9. The molecule has 0 aromatic rings. The first-order chi connectivity index (χ1) is 43.6. The summed E-state index contributed by atoms with van der Waals surface area (Å²) >= 11 is 0. The summed E-state index contributed by atoms with van der Waals surface area (Å²) in [6.45, 7) is 4.61. The van der Waals surface area contributed by atoms with Crippen LogP contribution in [0.5, 0.6) is 0 Å². The van der Waals surface area contributed by atoms with Gasteiger partial charge in [0.25, 0.3) is 6.29 Å². The van der Waals surface area contributed by atoms with E-state index >= 15 is 0 Å². The average Bonchev–Trinajstić information content (AvgIpc) is 3.64. The molecule has 0 radical (unpaired) electrons. The molecule has 0 saturated heterocycles. The van der Waals surface area contributed by atoms with E-state index in [1.165, 1.54) is 64.2 Å². The van der Waals surface area contributed by atoms with E-state index in [0.717, 1.165) is 148 Å². The third kappa shape index (κ3) is 69.7. The Morgan fingerprint density at radius 2 is 0.607 bits per heavy atom. The molecule has 0 bridgehead atoms. The van der Waals surface area contributed by atoms with Crippen LogP contribution in [0.3, 0.4) is 0 Å². The lowest BCUT2D eigenvalue weighted by atomic mass is 10.0. The van der Waals surface area contributed by atoms with Crippen molar-refractivity contribution in [1.82, 2.24) is 0 Å². The smallest absolute Gasteiger partial charge is 0.361 e. The van der Waals surface area contributed by atoms with Crippen molar-refractivity contribution in [2.45, 2.75) is 257 Å². The molecule has 2 atom stereocenters. The minimum atomic E-state index is -1.53. The number of likely N-dealkylation sites (N-methyl/N-ethyl adjacent to an activating group) is 1. The normalized spacial score (nSPS) is 13.9. The largest absolute Gasteiger partial charge is 0.477 e. The molecule has 0 saturated carbocycles. The van der Waals surface area contributed by atoms with Gasteiger partial charge in [-0.25, -0.2) is 4.79 Å². The van der Waals surface area contributed by atoms with Crippen molar-refractivity contribution in [3.8, 4) is 0 Å². The number of carbonyl (C=O) groups is 3. The molecule has 500 valence electrons. The quantitative estimate of drug-likeness (QED) is 0.0211. The fourth-order valence-corrected chi connectivity index (χ4v) is 8.89. The Balaban J connectivity index is 4.24. The number of ether oxygens (including phenoxy) is 4. The van der Waals surface area contributed by atoms with Crippen LogP contribution >= 0.6 is 0 Å². The molecule has 0 fully saturated rings. The van der Waals surface area contributed by atoms with Crippen LogP contribution in [0.4, 0.5) is 0 Å². The number of nitrogens with zero attached hydrogens (tertiary/aromatic N) is 1. The molecule has 0 aromatic carbocycles. The second kappa shape index (κ2) is 68.3. The van der Waals surface area contributed by atoms with E-state index in [1.54, 1.807) is 0 Å². The summed E-state index contributed by atoms with van der Waals surface area (Å²) in [5.41, 5.74) is 0. The van der Waals surface area contributed by atoms with Crippen molar-refractivity contribution in [1.29, 1.82) is 0 Å². The van der Waals surface area contributed by atoms with Crippen LogP contribution < -0.4 is 0 Å². The molecule has 89 heavy (non-hydrogen) atoms. The van der Waals surface area contributed by atoms with Crippen molar-refractivity contribution in [2.75, 3.05) is 47.5 Å². The van der Waals surface area contributed by atoms with E-state index in [1.807, 2.05) is 21.1 Å². The molecular weight excluding hydrogens is 1100 g/mol. The number of unbranched alkanes of at least 4 members (excludes halogenated alkanes) is 17. The Bertz CT molecular complexity index is 2120. The molecule has 0 amide bonds. The van der Waals surface area contributed by atoms with Crippen LogP contribution in [0.1, 0.15) is 245 Å². The van der Waals surface area contributed by atoms with Gasteiger partial charge in [0.15, 0.2) is 6.10 Å². The number of carbonyl (C=O) groups excluding carboxylic acids is 2. The number of allylic oxidation sites excluding steroid dienone is 30. The van der Waals surface area contributed by atoms with E-state index in [0.29, 0.717) is 17.4 Å². The first kappa shape index (κ1) is 83.4. The van der Waals surface area contributed by atoms with Gasteiger partial charge in [-0.15, -0.1) is 0 Å². The van der Waals surface area contributed by atoms with Gasteiger partial charge < -0.3 is 28.5 Å². The van der Waals surface area contributed by atoms with E-state index in [-0.39, 0.29) is 38.6 Å². The molecule has 0 aliphatic carbocycles. The van der Waals surface area contributed by atoms with Gasteiger partial charge in [0.05, 0.1) is 34.4 Å². The topological polar surface area (TPSA) is 108 Å². The standard InChI is InChI=1S/C80H127NO8/c1-6-8-10-12-14-16-18-20-22-24-26-28-30-32-33-34-35-36-37-38-39-40-41-42-43-44-45-47-49-51-53-55-57-59-61-63-65-67-69-71-78(83)89-76(75-88-80(79(84)85)86-73-72-81(3,4)5)74-87-77(82)70-68-66-64-62-60-58-56-54-52-50-48-46-31-29-27-25-23-21-19-17-15-13-11-9-7-2/h8-11,14-17,20-23,26-29,32-33,35-36,38-39,41-42,44-45,49,51,55,57,76,80H,6-7,12-13,18-19,24-25,30-31,34,37,40,43,46-48,50,52-54,56,58-75H2,1-5H3/p+1/b10-8-,11-9-,16-14-,17-15-,22-20-,23-21-,28-26-,29-27-,33-32-,36-35-,39-38-,42-41-,45-44-,51-49-,57-55-. The Labute approximate surface area is 545 Å². The van der Waals surface area contributed by atoms with Crippen LogP contribution in [0.15, 0.2) is 182 Å². The van der Waals surface area contributed by atoms with Crippen molar-refractivity contribution in [2.24, 2.45) is 0 Å². The van der Waals surface area contributed by atoms with Crippen LogP contribution in [0, 0.1) is 0 Å². The fourth-order valence-electron chi connectivity index (χ4n) is 8.89. The molecule has 0 aliphatic heterocycles. The highest BCUT2D eigenvalue weighted by atomic mass is 16.7. The molecule has 0 aromatic heterocycles. The molecular formula is C80H128NO8+. The minimum Gasteiger partial charge on any atom is -0.477 e. The van der Waals surface area contributed by atoms with E-state index in [4.69, 9.17) is 18.9 Å². The van der Waals surface area contributed by atoms with Crippen molar-refractivity contribution in [3.05, 3.63) is 182 Å².